The number of hydrazine groups is 1. The molecule has 2 aromatic carbocycles. The number of nitrogens with one attached hydrogen (secondary N) is 2. The first kappa shape index (κ1) is 16.8. The van der Waals surface area contributed by atoms with Gasteiger partial charge in [-0.25, -0.2) is 0 Å². The molecule has 2 N–H and O–H groups in total. The summed E-state index contributed by atoms with van der Waals surface area (Å²) in [5, 5.41) is 1.57. The van der Waals surface area contributed by atoms with Gasteiger partial charge in [-0.3, -0.25) is 25.4 Å². The van der Waals surface area contributed by atoms with Crippen LogP contribution in [0.3, 0.4) is 0 Å². The van der Waals surface area contributed by atoms with Gasteiger partial charge in [0.05, 0.1) is 16.6 Å². The molecule has 4 aromatic rings. The molecule has 0 unspecified atom stereocenters. The number of benzene rings is 2. The first-order valence-electron chi connectivity index (χ1n) is 8.56. The van der Waals surface area contributed by atoms with Gasteiger partial charge in [0, 0.05) is 35.2 Å². The first-order chi connectivity index (χ1) is 13.0. The number of nitrogens with zero attached hydrogens (tertiary/aromatic N) is 2. The SMILES string of the molecule is Cc1cc(C(=O)NNC(=O)c2cn(C)c3ccccc23)c2ccccc2n1. The highest BCUT2D eigenvalue weighted by atomic mass is 16.2. The average molecular weight is 358 g/mol. The van der Waals surface area contributed by atoms with Crippen molar-refractivity contribution >= 4 is 33.6 Å². The number of hydrogen-bond donors (Lipinski definition) is 2. The third-order valence-electron chi connectivity index (χ3n) is 4.52. The summed E-state index contributed by atoms with van der Waals surface area (Å²) in [5.41, 5.74) is 8.43. The summed E-state index contributed by atoms with van der Waals surface area (Å²) in [5.74, 6) is -0.750. The number of carbonyl (C=O) groups is 2. The van der Waals surface area contributed by atoms with Crippen molar-refractivity contribution in [3.63, 3.8) is 0 Å². The second-order valence-electron chi connectivity index (χ2n) is 6.41. The number of rotatable bonds is 2. The Morgan fingerprint density at radius 1 is 0.889 bits per heavy atom. The van der Waals surface area contributed by atoms with Crippen molar-refractivity contribution in [2.24, 2.45) is 7.05 Å². The highest BCUT2D eigenvalue weighted by Gasteiger charge is 2.16. The Morgan fingerprint density at radius 3 is 2.30 bits per heavy atom. The Labute approximate surface area is 155 Å². The zero-order valence-corrected chi connectivity index (χ0v) is 15.0. The van der Waals surface area contributed by atoms with E-state index in [0.717, 1.165) is 27.5 Å². The number of aryl methyl sites for hydroxylation is 2. The summed E-state index contributed by atoms with van der Waals surface area (Å²) in [4.78, 5) is 29.7. The van der Waals surface area contributed by atoms with E-state index in [2.05, 4.69) is 15.8 Å². The van der Waals surface area contributed by atoms with E-state index in [0.29, 0.717) is 11.1 Å². The van der Waals surface area contributed by atoms with Crippen LogP contribution in [0, 0.1) is 6.92 Å². The Balaban J connectivity index is 1.58. The van der Waals surface area contributed by atoms with E-state index < -0.39 is 0 Å². The molecule has 0 aliphatic rings. The average Bonchev–Trinajstić information content (AvgIpc) is 3.02. The van der Waals surface area contributed by atoms with E-state index in [9.17, 15) is 9.59 Å². The molecule has 0 fully saturated rings. The van der Waals surface area contributed by atoms with E-state index in [1.165, 1.54) is 0 Å². The van der Waals surface area contributed by atoms with Gasteiger partial charge >= 0.3 is 0 Å². The molecular formula is C21H18N4O2. The third-order valence-corrected chi connectivity index (χ3v) is 4.52. The monoisotopic (exact) mass is 358 g/mol. The van der Waals surface area contributed by atoms with E-state index in [1.54, 1.807) is 12.3 Å². The number of pyridine rings is 1. The summed E-state index contributed by atoms with van der Waals surface area (Å²) in [7, 11) is 1.88. The fourth-order valence-corrected chi connectivity index (χ4v) is 3.27. The smallest absolute Gasteiger partial charge is 0.271 e. The summed E-state index contributed by atoms with van der Waals surface area (Å²) in [6.07, 6.45) is 1.75. The number of hydrogen-bond acceptors (Lipinski definition) is 3. The fourth-order valence-electron chi connectivity index (χ4n) is 3.27. The van der Waals surface area contributed by atoms with Gasteiger partial charge in [-0.15, -0.1) is 0 Å². The minimum atomic E-state index is -0.384. The van der Waals surface area contributed by atoms with Crippen molar-refractivity contribution in [3.05, 3.63) is 77.6 Å². The minimum absolute atomic E-state index is 0.366. The van der Waals surface area contributed by atoms with Crippen LogP contribution in [0.1, 0.15) is 26.4 Å². The summed E-state index contributed by atoms with van der Waals surface area (Å²) < 4.78 is 1.88. The maximum absolute atomic E-state index is 12.7. The molecule has 0 aliphatic heterocycles. The molecule has 0 atom stereocenters. The lowest BCUT2D eigenvalue weighted by molar-refractivity contribution is 0.0848. The van der Waals surface area contributed by atoms with E-state index in [4.69, 9.17) is 0 Å². The molecule has 0 spiro atoms. The summed E-state index contributed by atoms with van der Waals surface area (Å²) >= 11 is 0. The predicted octanol–water partition coefficient (Wildman–Crippen LogP) is 3.11. The fraction of sp³-hybridized carbons (Fsp3) is 0.0952. The van der Waals surface area contributed by atoms with Crippen molar-refractivity contribution in [3.8, 4) is 0 Å². The summed E-state index contributed by atoms with van der Waals surface area (Å²) in [6, 6.07) is 16.7. The maximum atomic E-state index is 12.7. The molecule has 0 saturated carbocycles. The van der Waals surface area contributed by atoms with Gasteiger partial charge < -0.3 is 4.57 Å². The van der Waals surface area contributed by atoms with Gasteiger partial charge in [0.2, 0.25) is 0 Å². The van der Waals surface area contributed by atoms with Gasteiger partial charge in [-0.2, -0.15) is 0 Å². The second kappa shape index (κ2) is 6.57. The largest absolute Gasteiger partial charge is 0.350 e. The normalized spacial score (nSPS) is 10.9. The lowest BCUT2D eigenvalue weighted by atomic mass is 10.1. The third kappa shape index (κ3) is 3.01. The van der Waals surface area contributed by atoms with Gasteiger partial charge in [-0.05, 0) is 25.1 Å². The van der Waals surface area contributed by atoms with E-state index in [1.807, 2.05) is 67.1 Å². The second-order valence-corrected chi connectivity index (χ2v) is 6.41. The Hall–Kier alpha value is -3.67. The Bertz CT molecular complexity index is 1190. The molecule has 134 valence electrons. The molecule has 0 saturated heterocycles. The number of para-hydroxylation sites is 2. The lowest BCUT2D eigenvalue weighted by Gasteiger charge is -2.10. The van der Waals surface area contributed by atoms with Crippen molar-refractivity contribution in [2.75, 3.05) is 0 Å². The Kier molecular flexibility index (Phi) is 4.08. The van der Waals surface area contributed by atoms with Gasteiger partial charge in [0.25, 0.3) is 11.8 Å². The molecule has 6 heteroatoms. The topological polar surface area (TPSA) is 76.0 Å². The van der Waals surface area contributed by atoms with Crippen molar-refractivity contribution < 1.29 is 9.59 Å². The minimum Gasteiger partial charge on any atom is -0.350 e. The van der Waals surface area contributed by atoms with Crippen LogP contribution in [0.25, 0.3) is 21.8 Å². The molecule has 6 nitrogen and oxygen atoms in total. The molecular weight excluding hydrogens is 340 g/mol. The summed E-state index contributed by atoms with van der Waals surface area (Å²) in [6.45, 7) is 1.83. The van der Waals surface area contributed by atoms with Crippen molar-refractivity contribution in [1.29, 1.82) is 0 Å². The zero-order valence-electron chi connectivity index (χ0n) is 15.0. The maximum Gasteiger partial charge on any atom is 0.271 e. The number of carbonyl (C=O) groups excluding carboxylic acids is 2. The number of amides is 2. The molecule has 2 aromatic heterocycles. The van der Waals surface area contributed by atoms with Gasteiger partial charge in [-0.1, -0.05) is 36.4 Å². The van der Waals surface area contributed by atoms with Crippen LogP contribution in [-0.4, -0.2) is 21.4 Å². The Morgan fingerprint density at radius 2 is 1.52 bits per heavy atom. The van der Waals surface area contributed by atoms with E-state index in [-0.39, 0.29) is 11.8 Å². The number of aromatic nitrogens is 2. The zero-order chi connectivity index (χ0) is 19.0. The van der Waals surface area contributed by atoms with Crippen LogP contribution in [0.15, 0.2) is 60.8 Å². The van der Waals surface area contributed by atoms with Crippen LogP contribution >= 0.6 is 0 Å². The van der Waals surface area contributed by atoms with E-state index >= 15 is 0 Å². The van der Waals surface area contributed by atoms with Gasteiger partial charge in [0.15, 0.2) is 0 Å². The van der Waals surface area contributed by atoms with Crippen LogP contribution in [0.4, 0.5) is 0 Å². The van der Waals surface area contributed by atoms with Crippen molar-refractivity contribution in [1.82, 2.24) is 20.4 Å². The number of fused-ring (bicyclic) bond motifs is 2. The molecule has 2 amide bonds. The first-order valence-corrected chi connectivity index (χ1v) is 8.56. The quantitative estimate of drug-likeness (QED) is 0.541. The molecule has 0 aliphatic carbocycles. The van der Waals surface area contributed by atoms with Crippen LogP contribution in [0.5, 0.6) is 0 Å². The van der Waals surface area contributed by atoms with Gasteiger partial charge in [0.1, 0.15) is 0 Å². The molecule has 27 heavy (non-hydrogen) atoms. The van der Waals surface area contributed by atoms with Crippen molar-refractivity contribution in [2.45, 2.75) is 6.92 Å². The highest BCUT2D eigenvalue weighted by molar-refractivity contribution is 6.10. The molecule has 0 radical (unpaired) electrons. The predicted molar refractivity (Wildman–Crippen MR) is 104 cm³/mol. The lowest BCUT2D eigenvalue weighted by Crippen LogP contribution is -2.41. The van der Waals surface area contributed by atoms with Crippen LogP contribution in [-0.2, 0) is 7.05 Å². The standard InChI is InChI=1S/C21H18N4O2/c1-13-11-16(14-7-3-5-9-18(14)22-13)20(26)23-24-21(27)17-12-25(2)19-10-6-4-8-15(17)19/h3-12H,1-2H3,(H,23,26)(H,24,27). The molecule has 0 bridgehead atoms. The molecule has 4 rings (SSSR count). The highest BCUT2D eigenvalue weighted by Crippen LogP contribution is 2.20. The molecule has 2 heterocycles. The van der Waals surface area contributed by atoms with Crippen LogP contribution in [0.2, 0.25) is 0 Å². The van der Waals surface area contributed by atoms with Crippen LogP contribution < -0.4 is 10.9 Å².